The Balaban J connectivity index is 1.15. The number of methoxy groups -OCH3 is 1. The minimum atomic E-state index is -0.818. The first kappa shape index (κ1) is 37.9. The molecule has 9 nitrogen and oxygen atoms in total. The fraction of sp³-hybridized carbons (Fsp3) is 0.364. The Morgan fingerprint density at radius 2 is 1.60 bits per heavy atom. The molecule has 6 rings (SSSR count). The Kier molecular flexibility index (Phi) is 13.5. The molecule has 1 saturated heterocycles. The Labute approximate surface area is 313 Å². The lowest BCUT2D eigenvalue weighted by Crippen LogP contribution is -2.47. The normalized spacial score (nSPS) is 19.4. The summed E-state index contributed by atoms with van der Waals surface area (Å²) in [4.78, 5) is 28.0. The van der Waals surface area contributed by atoms with Gasteiger partial charge in [-0.15, -0.1) is 6.58 Å². The number of amides is 2. The van der Waals surface area contributed by atoms with E-state index in [4.69, 9.17) is 14.2 Å². The third-order valence-corrected chi connectivity index (χ3v) is 10.3. The molecular weight excluding hydrogens is 666 g/mol. The van der Waals surface area contributed by atoms with E-state index in [2.05, 4.69) is 34.2 Å². The second-order valence-corrected chi connectivity index (χ2v) is 13.9. The van der Waals surface area contributed by atoms with Crippen molar-refractivity contribution in [2.75, 3.05) is 20.2 Å². The van der Waals surface area contributed by atoms with Gasteiger partial charge in [0.25, 0.3) is 0 Å². The molecule has 4 unspecified atom stereocenters. The molecule has 9 heteroatoms. The lowest BCUT2D eigenvalue weighted by Gasteiger charge is -2.39. The summed E-state index contributed by atoms with van der Waals surface area (Å²) in [7, 11) is 1.32. The molecule has 0 spiro atoms. The van der Waals surface area contributed by atoms with Crippen LogP contribution in [0.2, 0.25) is 0 Å². The highest BCUT2D eigenvalue weighted by molar-refractivity contribution is 5.84. The molecule has 2 fully saturated rings. The van der Waals surface area contributed by atoms with Crippen LogP contribution in [0.3, 0.4) is 0 Å². The summed E-state index contributed by atoms with van der Waals surface area (Å²) in [5, 5.41) is 15.3. The van der Waals surface area contributed by atoms with E-state index in [0.717, 1.165) is 58.5 Å². The topological polar surface area (TPSA) is 109 Å². The van der Waals surface area contributed by atoms with E-state index in [1.54, 1.807) is 0 Å². The van der Waals surface area contributed by atoms with E-state index in [9.17, 15) is 14.7 Å². The number of hydrogen-bond acceptors (Lipinski definition) is 7. The van der Waals surface area contributed by atoms with Gasteiger partial charge in [0.15, 0.2) is 6.29 Å². The van der Waals surface area contributed by atoms with Crippen molar-refractivity contribution in [2.45, 2.75) is 82.3 Å². The van der Waals surface area contributed by atoms with E-state index >= 15 is 0 Å². The molecule has 0 aromatic heterocycles. The highest BCUT2D eigenvalue weighted by Crippen LogP contribution is 2.39. The van der Waals surface area contributed by atoms with Crippen molar-refractivity contribution >= 4 is 12.0 Å². The number of hydrogen-bond donors (Lipinski definition) is 3. The number of nitrogens with one attached hydrogen (secondary N) is 2. The van der Waals surface area contributed by atoms with Gasteiger partial charge in [-0.3, -0.25) is 4.90 Å². The van der Waals surface area contributed by atoms with Gasteiger partial charge in [0.1, 0.15) is 6.04 Å². The predicted octanol–water partition coefficient (Wildman–Crippen LogP) is 7.41. The van der Waals surface area contributed by atoms with Gasteiger partial charge in [0.05, 0.1) is 25.9 Å². The van der Waals surface area contributed by atoms with Crippen LogP contribution in [-0.4, -0.2) is 60.4 Å². The zero-order valence-corrected chi connectivity index (χ0v) is 30.5. The Morgan fingerprint density at radius 3 is 2.30 bits per heavy atom. The highest BCUT2D eigenvalue weighted by Gasteiger charge is 2.34. The quantitative estimate of drug-likeness (QED) is 0.0869. The molecule has 3 N–H and O–H groups in total. The minimum absolute atomic E-state index is 0.00141. The average molecular weight is 718 g/mol. The highest BCUT2D eigenvalue weighted by atomic mass is 16.7. The van der Waals surface area contributed by atoms with Crippen LogP contribution >= 0.6 is 0 Å². The van der Waals surface area contributed by atoms with Crippen molar-refractivity contribution in [3.8, 4) is 11.1 Å². The zero-order valence-electron chi connectivity index (χ0n) is 30.5. The molecule has 4 aromatic rings. The fourth-order valence-electron chi connectivity index (χ4n) is 7.45. The van der Waals surface area contributed by atoms with Crippen LogP contribution in [0.25, 0.3) is 11.1 Å². The lowest BCUT2D eigenvalue weighted by molar-refractivity contribution is -0.253. The van der Waals surface area contributed by atoms with Crippen molar-refractivity contribution in [3.63, 3.8) is 0 Å². The first-order valence-electron chi connectivity index (χ1n) is 18.6. The standard InChI is InChI=1S/C44H51N3O6/c1-3-25-47(37-14-8-9-15-37)29-38-27-41(34-19-17-32(30-48)18-20-34)53-43(52-38)35-23-21-33(22-24-35)39-16-10-7-13-36(39)28-45-44(50)46-40(42(49)51-2)26-31-11-5-4-6-12-31/h3-7,10-13,16-24,37-38,40-41,43,48H,1,8-9,14-15,25-30H2,2H3,(H2,45,46,50). The smallest absolute Gasteiger partial charge is 0.328 e. The Bertz CT molecular complexity index is 1780. The van der Waals surface area contributed by atoms with Gasteiger partial charge in [-0.25, -0.2) is 9.59 Å². The number of nitrogens with zero attached hydrogens (tertiary/aromatic N) is 1. The Morgan fingerprint density at radius 1 is 0.906 bits per heavy atom. The first-order chi connectivity index (χ1) is 25.9. The van der Waals surface area contributed by atoms with Crippen LogP contribution in [0.1, 0.15) is 72.3 Å². The summed E-state index contributed by atoms with van der Waals surface area (Å²) >= 11 is 0. The number of benzene rings is 4. The molecule has 1 heterocycles. The van der Waals surface area contributed by atoms with Gasteiger partial charge in [-0.2, -0.15) is 0 Å². The van der Waals surface area contributed by atoms with Crippen LogP contribution < -0.4 is 10.6 Å². The average Bonchev–Trinajstić information content (AvgIpc) is 3.75. The Hall–Kier alpha value is -4.80. The molecule has 0 bridgehead atoms. The lowest BCUT2D eigenvalue weighted by atomic mass is 9.97. The third-order valence-electron chi connectivity index (χ3n) is 10.3. The van der Waals surface area contributed by atoms with Crippen LogP contribution in [-0.2, 0) is 38.6 Å². The summed E-state index contributed by atoms with van der Waals surface area (Å²) in [6, 6.07) is 32.9. The number of ether oxygens (including phenoxy) is 3. The molecule has 4 aromatic carbocycles. The molecule has 1 saturated carbocycles. The van der Waals surface area contributed by atoms with E-state index in [-0.39, 0.29) is 25.4 Å². The number of esters is 1. The SMILES string of the molecule is C=CCN(CC1CC(c2ccc(CO)cc2)OC(c2ccc(-c3ccccc3CNC(=O)NC(Cc3ccccc3)C(=O)OC)cc2)O1)C1CCCC1. The maximum Gasteiger partial charge on any atom is 0.328 e. The number of carbonyl (C=O) groups excluding carboxylic acids is 2. The van der Waals surface area contributed by atoms with Gasteiger partial charge in [0, 0.05) is 44.1 Å². The van der Waals surface area contributed by atoms with Gasteiger partial charge in [-0.05, 0) is 46.2 Å². The molecule has 53 heavy (non-hydrogen) atoms. The summed E-state index contributed by atoms with van der Waals surface area (Å²) in [5.41, 5.74) is 6.68. The summed E-state index contributed by atoms with van der Waals surface area (Å²) in [5.74, 6) is -0.504. The number of aliphatic hydroxyl groups excluding tert-OH is 1. The van der Waals surface area contributed by atoms with Gasteiger partial charge in [0.2, 0.25) is 0 Å². The fourth-order valence-corrected chi connectivity index (χ4v) is 7.45. The summed E-state index contributed by atoms with van der Waals surface area (Å²) in [6.45, 7) is 5.93. The maximum absolute atomic E-state index is 13.0. The number of rotatable bonds is 15. The molecule has 4 atom stereocenters. The van der Waals surface area contributed by atoms with Gasteiger partial charge in [-0.1, -0.05) is 122 Å². The van der Waals surface area contributed by atoms with Crippen molar-refractivity contribution in [2.24, 2.45) is 0 Å². The summed E-state index contributed by atoms with van der Waals surface area (Å²) < 4.78 is 18.3. The molecule has 1 aliphatic carbocycles. The zero-order chi connectivity index (χ0) is 37.0. The van der Waals surface area contributed by atoms with Crippen molar-refractivity contribution < 1.29 is 28.9 Å². The van der Waals surface area contributed by atoms with E-state index in [1.807, 2.05) is 97.1 Å². The largest absolute Gasteiger partial charge is 0.467 e. The van der Waals surface area contributed by atoms with Crippen molar-refractivity contribution in [1.82, 2.24) is 15.5 Å². The minimum Gasteiger partial charge on any atom is -0.467 e. The van der Waals surface area contributed by atoms with E-state index < -0.39 is 24.3 Å². The van der Waals surface area contributed by atoms with Crippen LogP contribution in [0.15, 0.2) is 116 Å². The van der Waals surface area contributed by atoms with Crippen LogP contribution in [0.5, 0.6) is 0 Å². The van der Waals surface area contributed by atoms with Crippen LogP contribution in [0, 0.1) is 0 Å². The second-order valence-electron chi connectivity index (χ2n) is 13.9. The van der Waals surface area contributed by atoms with Gasteiger partial charge < -0.3 is 30.0 Å². The summed E-state index contributed by atoms with van der Waals surface area (Å²) in [6.07, 6.45) is 7.22. The predicted molar refractivity (Wildman–Crippen MR) is 206 cm³/mol. The third kappa shape index (κ3) is 10.2. The number of aliphatic hydroxyl groups is 1. The monoisotopic (exact) mass is 717 g/mol. The van der Waals surface area contributed by atoms with Gasteiger partial charge >= 0.3 is 12.0 Å². The molecular formula is C44H51N3O6. The second kappa shape index (κ2) is 18.8. The molecule has 2 amide bonds. The van der Waals surface area contributed by atoms with E-state index in [0.29, 0.717) is 12.5 Å². The molecule has 278 valence electrons. The van der Waals surface area contributed by atoms with Crippen molar-refractivity contribution in [3.05, 3.63) is 144 Å². The number of urea groups is 1. The molecule has 1 aliphatic heterocycles. The molecule has 2 aliphatic rings. The van der Waals surface area contributed by atoms with Crippen LogP contribution in [0.4, 0.5) is 4.79 Å². The molecule has 0 radical (unpaired) electrons. The first-order valence-corrected chi connectivity index (χ1v) is 18.6. The maximum atomic E-state index is 13.0. The van der Waals surface area contributed by atoms with Crippen molar-refractivity contribution in [1.29, 1.82) is 0 Å². The van der Waals surface area contributed by atoms with E-state index in [1.165, 1.54) is 32.8 Å². The number of carbonyl (C=O) groups is 2.